The van der Waals surface area contributed by atoms with Gasteiger partial charge in [-0.05, 0) is 12.8 Å². The number of rotatable bonds is 2. The van der Waals surface area contributed by atoms with Crippen LogP contribution in [0.1, 0.15) is 30.7 Å². The minimum atomic E-state index is -2.57. The zero-order chi connectivity index (χ0) is 9.47. The van der Waals surface area contributed by atoms with Crippen LogP contribution in [-0.2, 0) is 5.54 Å². The Bertz CT molecular complexity index is 323. The van der Waals surface area contributed by atoms with Crippen molar-refractivity contribution in [2.45, 2.75) is 24.8 Å². The molecule has 1 fully saturated rings. The number of alkyl halides is 2. The Morgan fingerprint density at radius 2 is 2.08 bits per heavy atom. The Kier molecular flexibility index (Phi) is 1.76. The van der Waals surface area contributed by atoms with E-state index in [0.29, 0.717) is 5.69 Å². The third-order valence-electron chi connectivity index (χ3n) is 2.18. The monoisotopic (exact) mass is 185 g/mol. The van der Waals surface area contributed by atoms with Crippen molar-refractivity contribution in [2.75, 3.05) is 0 Å². The van der Waals surface area contributed by atoms with Crippen LogP contribution < -0.4 is 5.73 Å². The molecule has 0 aromatic carbocycles. The Morgan fingerprint density at radius 3 is 2.62 bits per heavy atom. The van der Waals surface area contributed by atoms with Crippen LogP contribution in [0.25, 0.3) is 0 Å². The Balaban J connectivity index is 2.33. The molecule has 1 aromatic rings. The zero-order valence-corrected chi connectivity index (χ0v) is 6.87. The Morgan fingerprint density at radius 1 is 1.38 bits per heavy atom. The van der Waals surface area contributed by atoms with Gasteiger partial charge in [-0.1, -0.05) is 0 Å². The summed E-state index contributed by atoms with van der Waals surface area (Å²) in [4.78, 5) is 7.46. The molecule has 1 aliphatic carbocycles. The number of aromatic nitrogens is 2. The molecule has 3 nitrogen and oxygen atoms in total. The highest BCUT2D eigenvalue weighted by Crippen LogP contribution is 2.41. The maximum Gasteiger partial charge on any atom is 0.281 e. The summed E-state index contributed by atoms with van der Waals surface area (Å²) in [6, 6.07) is 0. The van der Waals surface area contributed by atoms with Crippen LogP contribution in [0.2, 0.25) is 0 Å². The van der Waals surface area contributed by atoms with Crippen LogP contribution in [0.15, 0.2) is 12.4 Å². The molecule has 70 valence electrons. The molecule has 0 bridgehead atoms. The zero-order valence-electron chi connectivity index (χ0n) is 6.87. The first-order valence-corrected chi connectivity index (χ1v) is 4.01. The lowest BCUT2D eigenvalue weighted by Crippen LogP contribution is -2.21. The van der Waals surface area contributed by atoms with Crippen molar-refractivity contribution < 1.29 is 8.78 Å². The molecule has 0 aliphatic heterocycles. The van der Waals surface area contributed by atoms with E-state index < -0.39 is 12.0 Å². The quantitative estimate of drug-likeness (QED) is 0.756. The molecular formula is C8H9F2N3. The number of halogens is 2. The topological polar surface area (TPSA) is 51.8 Å². The predicted octanol–water partition coefficient (Wildman–Crippen LogP) is 1.36. The van der Waals surface area contributed by atoms with Crippen molar-refractivity contribution in [2.24, 2.45) is 5.73 Å². The van der Waals surface area contributed by atoms with Gasteiger partial charge in [0.15, 0.2) is 0 Å². The van der Waals surface area contributed by atoms with Gasteiger partial charge >= 0.3 is 0 Å². The number of hydrogen-bond donors (Lipinski definition) is 1. The van der Waals surface area contributed by atoms with Gasteiger partial charge < -0.3 is 5.73 Å². The molecule has 0 radical (unpaired) electrons. The summed E-state index contributed by atoms with van der Waals surface area (Å²) in [7, 11) is 0. The lowest BCUT2D eigenvalue weighted by molar-refractivity contribution is 0.145. The predicted molar refractivity (Wildman–Crippen MR) is 42.1 cm³/mol. The highest BCUT2D eigenvalue weighted by atomic mass is 19.3. The smallest absolute Gasteiger partial charge is 0.281 e. The van der Waals surface area contributed by atoms with Crippen molar-refractivity contribution in [3.63, 3.8) is 0 Å². The van der Waals surface area contributed by atoms with Gasteiger partial charge in [0, 0.05) is 0 Å². The van der Waals surface area contributed by atoms with Crippen molar-refractivity contribution in [3.05, 3.63) is 23.8 Å². The van der Waals surface area contributed by atoms with E-state index in [4.69, 9.17) is 5.73 Å². The number of nitrogens with zero attached hydrogens (tertiary/aromatic N) is 2. The van der Waals surface area contributed by atoms with Gasteiger partial charge in [-0.3, -0.25) is 4.98 Å². The molecule has 0 amide bonds. The summed E-state index contributed by atoms with van der Waals surface area (Å²) < 4.78 is 24.4. The van der Waals surface area contributed by atoms with Gasteiger partial charge in [-0.2, -0.15) is 0 Å². The van der Waals surface area contributed by atoms with E-state index in [1.165, 1.54) is 6.20 Å². The van der Waals surface area contributed by atoms with Crippen molar-refractivity contribution in [1.82, 2.24) is 9.97 Å². The third kappa shape index (κ3) is 1.51. The summed E-state index contributed by atoms with van der Waals surface area (Å²) in [6.07, 6.45) is 1.55. The first-order chi connectivity index (χ1) is 6.12. The molecule has 0 spiro atoms. The standard InChI is InChI=1S/C8H9F2N3/c9-7(10)5-3-12-4-6(13-5)8(11)1-2-8/h3-4,7H,1-2,11H2. The molecule has 0 saturated heterocycles. The average Bonchev–Trinajstić information content (AvgIpc) is 2.85. The molecule has 1 saturated carbocycles. The highest BCUT2D eigenvalue weighted by Gasteiger charge is 2.42. The minimum absolute atomic E-state index is 0.297. The van der Waals surface area contributed by atoms with Crippen LogP contribution in [-0.4, -0.2) is 9.97 Å². The van der Waals surface area contributed by atoms with Crippen LogP contribution in [0.5, 0.6) is 0 Å². The maximum atomic E-state index is 12.2. The van der Waals surface area contributed by atoms with E-state index in [9.17, 15) is 8.78 Å². The van der Waals surface area contributed by atoms with Gasteiger partial charge in [0.25, 0.3) is 6.43 Å². The van der Waals surface area contributed by atoms with Gasteiger partial charge in [0.1, 0.15) is 5.69 Å². The first kappa shape index (κ1) is 8.50. The molecule has 13 heavy (non-hydrogen) atoms. The van der Waals surface area contributed by atoms with Crippen molar-refractivity contribution >= 4 is 0 Å². The third-order valence-corrected chi connectivity index (χ3v) is 2.18. The number of hydrogen-bond acceptors (Lipinski definition) is 3. The van der Waals surface area contributed by atoms with Gasteiger partial charge in [-0.25, -0.2) is 13.8 Å². The average molecular weight is 185 g/mol. The minimum Gasteiger partial charge on any atom is -0.320 e. The molecule has 0 atom stereocenters. The van der Waals surface area contributed by atoms with E-state index in [1.807, 2.05) is 0 Å². The molecule has 5 heteroatoms. The van der Waals surface area contributed by atoms with Gasteiger partial charge in [-0.15, -0.1) is 0 Å². The summed E-state index contributed by atoms with van der Waals surface area (Å²) in [5.74, 6) is 0. The van der Waals surface area contributed by atoms with E-state index >= 15 is 0 Å². The van der Waals surface area contributed by atoms with Gasteiger partial charge in [0.2, 0.25) is 0 Å². The second-order valence-corrected chi connectivity index (χ2v) is 3.29. The van der Waals surface area contributed by atoms with E-state index in [1.54, 1.807) is 0 Å². The summed E-state index contributed by atoms with van der Waals surface area (Å²) in [6.45, 7) is 0. The molecule has 1 heterocycles. The Labute approximate surface area is 74.0 Å². The van der Waals surface area contributed by atoms with Crippen LogP contribution in [0.4, 0.5) is 8.78 Å². The maximum absolute atomic E-state index is 12.2. The number of nitrogens with two attached hydrogens (primary N) is 1. The molecule has 2 N–H and O–H groups in total. The molecule has 1 aliphatic rings. The van der Waals surface area contributed by atoms with Gasteiger partial charge in [0.05, 0.1) is 23.6 Å². The van der Waals surface area contributed by atoms with E-state index in [-0.39, 0.29) is 5.69 Å². The Hall–Kier alpha value is -1.10. The summed E-state index contributed by atoms with van der Waals surface area (Å²) >= 11 is 0. The fraction of sp³-hybridized carbons (Fsp3) is 0.500. The van der Waals surface area contributed by atoms with Crippen molar-refractivity contribution in [3.8, 4) is 0 Å². The normalized spacial score (nSPS) is 19.1. The fourth-order valence-electron chi connectivity index (χ4n) is 1.12. The molecule has 0 unspecified atom stereocenters. The van der Waals surface area contributed by atoms with Crippen LogP contribution in [0.3, 0.4) is 0 Å². The second kappa shape index (κ2) is 2.70. The second-order valence-electron chi connectivity index (χ2n) is 3.29. The largest absolute Gasteiger partial charge is 0.320 e. The SMILES string of the molecule is NC1(c2cncc(C(F)F)n2)CC1. The van der Waals surface area contributed by atoms with Crippen molar-refractivity contribution in [1.29, 1.82) is 0 Å². The molecule has 1 aromatic heterocycles. The first-order valence-electron chi connectivity index (χ1n) is 4.01. The summed E-state index contributed by atoms with van der Waals surface area (Å²) in [5.41, 5.74) is 5.48. The van der Waals surface area contributed by atoms with Crippen LogP contribution >= 0.6 is 0 Å². The molecule has 2 rings (SSSR count). The summed E-state index contributed by atoms with van der Waals surface area (Å²) in [5, 5.41) is 0. The van der Waals surface area contributed by atoms with E-state index in [2.05, 4.69) is 9.97 Å². The highest BCUT2D eigenvalue weighted by molar-refractivity contribution is 5.20. The lowest BCUT2D eigenvalue weighted by Gasteiger charge is -2.08. The lowest BCUT2D eigenvalue weighted by atomic mass is 10.2. The molecular weight excluding hydrogens is 176 g/mol. The van der Waals surface area contributed by atoms with Crippen LogP contribution in [0, 0.1) is 0 Å². The fourth-order valence-corrected chi connectivity index (χ4v) is 1.12. The van der Waals surface area contributed by atoms with E-state index in [0.717, 1.165) is 19.0 Å².